The number of anilines is 2. The van der Waals surface area contributed by atoms with Crippen LogP contribution in [-0.2, 0) is 12.1 Å². The molecular formula is C41H40N4. The molecule has 224 valence electrons. The minimum atomic E-state index is -0.539. The van der Waals surface area contributed by atoms with Gasteiger partial charge >= 0.3 is 0 Å². The van der Waals surface area contributed by atoms with Crippen molar-refractivity contribution in [2.45, 2.75) is 37.8 Å². The lowest BCUT2D eigenvalue weighted by molar-refractivity contribution is 0.483. The molecule has 0 radical (unpaired) electrons. The van der Waals surface area contributed by atoms with Crippen LogP contribution >= 0.6 is 0 Å². The van der Waals surface area contributed by atoms with Gasteiger partial charge in [0.2, 0.25) is 0 Å². The second kappa shape index (κ2) is 12.9. The van der Waals surface area contributed by atoms with E-state index in [0.29, 0.717) is 5.92 Å². The van der Waals surface area contributed by atoms with E-state index in [1.807, 2.05) is 0 Å². The topological polar surface area (TPSA) is 33.1 Å². The number of hydrogen-bond acceptors (Lipinski definition) is 3. The van der Waals surface area contributed by atoms with Crippen LogP contribution in [0.25, 0.3) is 0 Å². The molecule has 5 aromatic carbocycles. The second-order valence-electron chi connectivity index (χ2n) is 12.0. The molecule has 4 heteroatoms. The molecule has 1 saturated heterocycles. The molecule has 0 aliphatic carbocycles. The largest absolute Gasteiger partial charge is 0.379 e. The first-order chi connectivity index (χ1) is 22.2. The van der Waals surface area contributed by atoms with Crippen LogP contribution in [0.4, 0.5) is 11.4 Å². The number of nitrogens with zero attached hydrogens (tertiary/aromatic N) is 3. The number of nitrogens with one attached hydrogen (secondary N) is 1. The molecule has 0 saturated carbocycles. The Morgan fingerprint density at radius 1 is 0.644 bits per heavy atom. The van der Waals surface area contributed by atoms with E-state index in [9.17, 15) is 0 Å². The molecule has 2 heterocycles. The molecule has 1 aliphatic heterocycles. The Bertz CT molecular complexity index is 1710. The molecule has 6 aromatic rings. The Labute approximate surface area is 267 Å². The molecular weight excluding hydrogens is 548 g/mol. The third-order valence-corrected chi connectivity index (χ3v) is 9.43. The summed E-state index contributed by atoms with van der Waals surface area (Å²) >= 11 is 0. The molecule has 1 N–H and O–H groups in total. The average Bonchev–Trinajstić information content (AvgIpc) is 3.51. The standard InChI is InChI=1S/C41H40N4/c1-32-40(34-26-28-44(29-27-34)39-25-15-14-24-38(39)42-30-33-16-6-2-7-17-33)43-31-45(32)41(35-18-8-3-9-19-35,36-20-10-4-11-21-36)37-22-12-5-13-23-37/h2-25,31,34,42H,26-30H2,1H3. The SMILES string of the molecule is Cc1c(C2CCN(c3ccccc3NCc3ccccc3)CC2)ncn1C(c1ccccc1)(c1ccccc1)c1ccccc1. The van der Waals surface area contributed by atoms with Gasteiger partial charge in [-0.3, -0.25) is 0 Å². The third kappa shape index (κ3) is 5.53. The summed E-state index contributed by atoms with van der Waals surface area (Å²) in [6.45, 7) is 5.09. The lowest BCUT2D eigenvalue weighted by atomic mass is 9.76. The van der Waals surface area contributed by atoms with Crippen LogP contribution in [0.5, 0.6) is 0 Å². The van der Waals surface area contributed by atoms with E-state index >= 15 is 0 Å². The van der Waals surface area contributed by atoms with Gasteiger partial charge in [0.15, 0.2) is 0 Å². The predicted octanol–water partition coefficient (Wildman–Crippen LogP) is 9.03. The van der Waals surface area contributed by atoms with E-state index in [-0.39, 0.29) is 0 Å². The summed E-state index contributed by atoms with van der Waals surface area (Å²) in [5.74, 6) is 0.409. The summed E-state index contributed by atoms with van der Waals surface area (Å²) in [5.41, 5.74) is 9.35. The number of para-hydroxylation sites is 2. The maximum atomic E-state index is 5.19. The van der Waals surface area contributed by atoms with Crippen LogP contribution in [-0.4, -0.2) is 22.6 Å². The quantitative estimate of drug-likeness (QED) is 0.171. The van der Waals surface area contributed by atoms with E-state index in [0.717, 1.165) is 32.5 Å². The smallest absolute Gasteiger partial charge is 0.121 e. The van der Waals surface area contributed by atoms with Crippen LogP contribution < -0.4 is 10.2 Å². The van der Waals surface area contributed by atoms with Crippen molar-refractivity contribution < 1.29 is 0 Å². The third-order valence-electron chi connectivity index (χ3n) is 9.43. The number of rotatable bonds is 9. The summed E-state index contributed by atoms with van der Waals surface area (Å²) in [7, 11) is 0. The zero-order chi connectivity index (χ0) is 30.5. The van der Waals surface area contributed by atoms with Crippen molar-refractivity contribution >= 4 is 11.4 Å². The molecule has 1 fully saturated rings. The highest BCUT2D eigenvalue weighted by molar-refractivity contribution is 5.70. The van der Waals surface area contributed by atoms with Gasteiger partial charge in [0.25, 0.3) is 0 Å². The number of imidazole rings is 1. The van der Waals surface area contributed by atoms with Gasteiger partial charge in [0, 0.05) is 31.2 Å². The summed E-state index contributed by atoms with van der Waals surface area (Å²) in [6.07, 6.45) is 4.23. The van der Waals surface area contributed by atoms with E-state index in [1.54, 1.807) is 0 Å². The van der Waals surface area contributed by atoms with Crippen LogP contribution in [0.2, 0.25) is 0 Å². The fraction of sp³-hybridized carbons (Fsp3) is 0.195. The Balaban J connectivity index is 1.19. The maximum absolute atomic E-state index is 5.19. The van der Waals surface area contributed by atoms with E-state index in [4.69, 9.17) is 4.98 Å². The molecule has 1 aliphatic rings. The maximum Gasteiger partial charge on any atom is 0.121 e. The minimum absolute atomic E-state index is 0.409. The van der Waals surface area contributed by atoms with E-state index in [1.165, 1.54) is 45.0 Å². The summed E-state index contributed by atoms with van der Waals surface area (Å²) in [4.78, 5) is 7.73. The molecule has 4 nitrogen and oxygen atoms in total. The Morgan fingerprint density at radius 3 is 1.69 bits per heavy atom. The first-order valence-electron chi connectivity index (χ1n) is 16.1. The summed E-state index contributed by atoms with van der Waals surface area (Å²) < 4.78 is 2.43. The zero-order valence-corrected chi connectivity index (χ0v) is 25.9. The van der Waals surface area contributed by atoms with Gasteiger partial charge in [0.1, 0.15) is 5.54 Å². The normalized spacial score (nSPS) is 13.9. The fourth-order valence-corrected chi connectivity index (χ4v) is 7.20. The number of benzene rings is 5. The Hall–Kier alpha value is -5.09. The molecule has 0 atom stereocenters. The first-order valence-corrected chi connectivity index (χ1v) is 16.1. The molecule has 0 spiro atoms. The number of hydrogen-bond donors (Lipinski definition) is 1. The van der Waals surface area contributed by atoms with Gasteiger partial charge in [-0.25, -0.2) is 4.98 Å². The van der Waals surface area contributed by atoms with Crippen molar-refractivity contribution in [3.63, 3.8) is 0 Å². The highest BCUT2D eigenvalue weighted by atomic mass is 15.2. The number of piperidine rings is 1. The van der Waals surface area contributed by atoms with Crippen molar-refractivity contribution in [1.29, 1.82) is 0 Å². The lowest BCUT2D eigenvalue weighted by Gasteiger charge is -2.39. The zero-order valence-electron chi connectivity index (χ0n) is 25.9. The van der Waals surface area contributed by atoms with E-state index in [2.05, 4.69) is 174 Å². The second-order valence-corrected chi connectivity index (χ2v) is 12.0. The molecule has 1 aromatic heterocycles. The molecule has 0 unspecified atom stereocenters. The predicted molar refractivity (Wildman–Crippen MR) is 186 cm³/mol. The van der Waals surface area contributed by atoms with Crippen molar-refractivity contribution in [1.82, 2.24) is 9.55 Å². The van der Waals surface area contributed by atoms with Gasteiger partial charge in [-0.05, 0) is 54.2 Å². The molecule has 7 rings (SSSR count). The monoisotopic (exact) mass is 588 g/mol. The van der Waals surface area contributed by atoms with E-state index < -0.39 is 5.54 Å². The van der Waals surface area contributed by atoms with Gasteiger partial charge < -0.3 is 14.8 Å². The van der Waals surface area contributed by atoms with Crippen molar-refractivity contribution in [2.24, 2.45) is 0 Å². The van der Waals surface area contributed by atoms with Crippen LogP contribution in [0.1, 0.15) is 52.4 Å². The highest BCUT2D eigenvalue weighted by Crippen LogP contribution is 2.43. The van der Waals surface area contributed by atoms with Crippen LogP contribution in [0.15, 0.2) is 152 Å². The highest BCUT2D eigenvalue weighted by Gasteiger charge is 2.40. The van der Waals surface area contributed by atoms with Crippen LogP contribution in [0, 0.1) is 6.92 Å². The van der Waals surface area contributed by atoms with Gasteiger partial charge in [-0.1, -0.05) is 133 Å². The number of aromatic nitrogens is 2. The molecule has 0 bridgehead atoms. The minimum Gasteiger partial charge on any atom is -0.379 e. The van der Waals surface area contributed by atoms with Gasteiger partial charge in [-0.2, -0.15) is 0 Å². The first kappa shape index (κ1) is 28.7. The van der Waals surface area contributed by atoms with Crippen molar-refractivity contribution in [2.75, 3.05) is 23.3 Å². The summed E-state index contributed by atoms with van der Waals surface area (Å²) in [6, 6.07) is 52.0. The summed E-state index contributed by atoms with van der Waals surface area (Å²) in [5, 5.41) is 3.69. The lowest BCUT2D eigenvalue weighted by Crippen LogP contribution is -2.38. The Kier molecular flexibility index (Phi) is 8.20. The van der Waals surface area contributed by atoms with Crippen LogP contribution in [0.3, 0.4) is 0 Å². The Morgan fingerprint density at radius 2 is 1.13 bits per heavy atom. The van der Waals surface area contributed by atoms with Gasteiger partial charge in [-0.15, -0.1) is 0 Å². The van der Waals surface area contributed by atoms with Crippen molar-refractivity contribution in [3.05, 3.63) is 186 Å². The molecule has 0 amide bonds. The molecule has 45 heavy (non-hydrogen) atoms. The van der Waals surface area contributed by atoms with Gasteiger partial charge in [0.05, 0.1) is 23.4 Å². The van der Waals surface area contributed by atoms with Crippen molar-refractivity contribution in [3.8, 4) is 0 Å². The fourth-order valence-electron chi connectivity index (χ4n) is 7.20. The average molecular weight is 589 g/mol.